The first kappa shape index (κ1) is 13.8. The zero-order valence-electron chi connectivity index (χ0n) is 12.7. The highest BCUT2D eigenvalue weighted by atomic mass is 16.5. The lowest BCUT2D eigenvalue weighted by Crippen LogP contribution is -2.48. The molecule has 3 aliphatic heterocycles. The molecule has 4 rings (SSSR count). The maximum absolute atomic E-state index is 12.9. The molecule has 1 aromatic rings. The topological polar surface area (TPSA) is 75.9 Å². The first-order valence-electron chi connectivity index (χ1n) is 7.73. The lowest BCUT2D eigenvalue weighted by molar-refractivity contribution is -0.136. The van der Waals surface area contributed by atoms with E-state index in [0.717, 1.165) is 0 Å². The molecule has 118 valence electrons. The van der Waals surface area contributed by atoms with Crippen LogP contribution in [-0.2, 0) is 9.53 Å². The molecule has 2 atom stereocenters. The first-order chi connectivity index (χ1) is 10.5. The molecule has 3 saturated heterocycles. The number of likely N-dealkylation sites (tertiary alicyclic amines) is 1. The van der Waals surface area contributed by atoms with E-state index in [2.05, 4.69) is 4.98 Å². The summed E-state index contributed by atoms with van der Waals surface area (Å²) < 4.78 is 11.3. The van der Waals surface area contributed by atoms with Gasteiger partial charge in [-0.2, -0.15) is 0 Å². The van der Waals surface area contributed by atoms with E-state index >= 15 is 0 Å². The number of hydrogen-bond acceptors (Lipinski definition) is 5. The Balaban J connectivity index is 1.66. The zero-order valence-corrected chi connectivity index (χ0v) is 12.7. The first-order valence-corrected chi connectivity index (χ1v) is 7.73. The minimum absolute atomic E-state index is 0.0734. The quantitative estimate of drug-likeness (QED) is 0.814. The van der Waals surface area contributed by atoms with Gasteiger partial charge in [-0.05, 0) is 0 Å². The molecule has 3 aliphatic rings. The van der Waals surface area contributed by atoms with Gasteiger partial charge in [0.1, 0.15) is 5.76 Å². The molecule has 0 saturated carbocycles. The van der Waals surface area contributed by atoms with Crippen molar-refractivity contribution in [2.24, 2.45) is 0 Å². The molecule has 1 spiro atoms. The summed E-state index contributed by atoms with van der Waals surface area (Å²) in [6.45, 7) is 5.68. The second kappa shape index (κ2) is 4.55. The lowest BCUT2D eigenvalue weighted by Gasteiger charge is -2.31. The van der Waals surface area contributed by atoms with Gasteiger partial charge in [-0.3, -0.25) is 9.59 Å². The third-order valence-electron chi connectivity index (χ3n) is 4.98. The van der Waals surface area contributed by atoms with Gasteiger partial charge < -0.3 is 19.0 Å². The third kappa shape index (κ3) is 1.63. The molecule has 1 aromatic heterocycles. The van der Waals surface area contributed by atoms with Gasteiger partial charge in [-0.25, -0.2) is 4.98 Å². The van der Waals surface area contributed by atoms with Gasteiger partial charge in [0.2, 0.25) is 5.91 Å². The predicted octanol–water partition coefficient (Wildman–Crippen LogP) is 0.971. The van der Waals surface area contributed by atoms with Crippen molar-refractivity contribution < 1.29 is 18.7 Å². The van der Waals surface area contributed by atoms with Crippen molar-refractivity contribution in [1.29, 1.82) is 0 Å². The summed E-state index contributed by atoms with van der Waals surface area (Å²) in [4.78, 5) is 32.7. The van der Waals surface area contributed by atoms with Crippen LogP contribution < -0.4 is 0 Å². The average Bonchev–Trinajstić information content (AvgIpc) is 3.20. The van der Waals surface area contributed by atoms with Gasteiger partial charge in [-0.1, -0.05) is 13.8 Å². The Bertz CT molecular complexity index is 640. The normalized spacial score (nSPS) is 30.3. The Morgan fingerprint density at radius 2 is 2.27 bits per heavy atom. The minimum atomic E-state index is -0.603. The summed E-state index contributed by atoms with van der Waals surface area (Å²) in [6, 6.07) is -0.216. The van der Waals surface area contributed by atoms with Crippen molar-refractivity contribution in [2.75, 3.05) is 19.7 Å². The Morgan fingerprint density at radius 1 is 1.45 bits per heavy atom. The fourth-order valence-corrected chi connectivity index (χ4v) is 4.00. The third-order valence-corrected chi connectivity index (χ3v) is 4.98. The molecule has 0 radical (unpaired) electrons. The highest BCUT2D eigenvalue weighted by molar-refractivity contribution is 5.95. The number of rotatable bonds is 2. The van der Waals surface area contributed by atoms with Crippen molar-refractivity contribution in [2.45, 2.75) is 44.4 Å². The number of amides is 2. The van der Waals surface area contributed by atoms with Crippen molar-refractivity contribution in [3.8, 4) is 0 Å². The molecule has 0 aliphatic carbocycles. The van der Waals surface area contributed by atoms with Gasteiger partial charge in [0, 0.05) is 25.4 Å². The van der Waals surface area contributed by atoms with Gasteiger partial charge >= 0.3 is 0 Å². The molecular formula is C15H19N3O4. The number of ether oxygens (including phenoxy) is 1. The number of nitrogens with zero attached hydrogens (tertiary/aromatic N) is 3. The Kier molecular flexibility index (Phi) is 2.84. The number of carbonyl (C=O) groups excluding carboxylic acids is 2. The molecule has 0 N–H and O–H groups in total. The van der Waals surface area contributed by atoms with Gasteiger partial charge in [0.25, 0.3) is 5.91 Å². The average molecular weight is 305 g/mol. The van der Waals surface area contributed by atoms with Crippen molar-refractivity contribution in [3.05, 3.63) is 17.8 Å². The highest BCUT2D eigenvalue weighted by Crippen LogP contribution is 2.46. The highest BCUT2D eigenvalue weighted by Gasteiger charge is 2.63. The van der Waals surface area contributed by atoms with Crippen LogP contribution in [0.4, 0.5) is 0 Å². The maximum atomic E-state index is 12.9. The van der Waals surface area contributed by atoms with Crippen LogP contribution in [0.5, 0.6) is 0 Å². The number of hydrogen-bond donors (Lipinski definition) is 0. The molecule has 0 aromatic carbocycles. The standard InChI is InChI=1S/C15H19N3O4/c1-9(2)13-12(16-8-21-13)14(20)17-4-3-15-10(17)7-11(19)18(15)5-6-22-15/h8-10H,3-7H2,1-2H3/t10-,15+/m1/s1. The molecule has 2 amide bonds. The molecule has 3 fully saturated rings. The zero-order chi connectivity index (χ0) is 15.5. The summed E-state index contributed by atoms with van der Waals surface area (Å²) in [5, 5.41) is 0. The van der Waals surface area contributed by atoms with Gasteiger partial charge in [-0.15, -0.1) is 0 Å². The molecule has 4 heterocycles. The molecule has 7 nitrogen and oxygen atoms in total. The Morgan fingerprint density at radius 3 is 3.05 bits per heavy atom. The largest absolute Gasteiger partial charge is 0.447 e. The summed E-state index contributed by atoms with van der Waals surface area (Å²) in [5.41, 5.74) is -0.245. The number of aromatic nitrogens is 1. The SMILES string of the molecule is CC(C)c1ocnc1C(=O)N1CC[C@@]23OCCN2C(=O)C[C@@H]13. The minimum Gasteiger partial charge on any atom is -0.447 e. The lowest BCUT2D eigenvalue weighted by atomic mass is 10.1. The van der Waals surface area contributed by atoms with Crippen LogP contribution in [0.3, 0.4) is 0 Å². The molecule has 7 heteroatoms. The summed E-state index contributed by atoms with van der Waals surface area (Å²) in [7, 11) is 0. The van der Waals surface area contributed by atoms with Crippen LogP contribution in [0, 0.1) is 0 Å². The summed E-state index contributed by atoms with van der Waals surface area (Å²) >= 11 is 0. The smallest absolute Gasteiger partial charge is 0.276 e. The van der Waals surface area contributed by atoms with Gasteiger partial charge in [0.05, 0.1) is 19.1 Å². The predicted molar refractivity (Wildman–Crippen MR) is 75.0 cm³/mol. The monoisotopic (exact) mass is 305 g/mol. The van der Waals surface area contributed by atoms with E-state index in [1.165, 1.54) is 6.39 Å². The second-order valence-corrected chi connectivity index (χ2v) is 6.43. The summed E-state index contributed by atoms with van der Waals surface area (Å²) in [5.74, 6) is 0.593. The Labute approximate surface area is 128 Å². The van der Waals surface area contributed by atoms with E-state index in [1.807, 2.05) is 13.8 Å². The van der Waals surface area contributed by atoms with Gasteiger partial charge in [0.15, 0.2) is 17.8 Å². The van der Waals surface area contributed by atoms with Crippen LogP contribution in [0.25, 0.3) is 0 Å². The van der Waals surface area contributed by atoms with E-state index in [4.69, 9.17) is 9.15 Å². The number of carbonyl (C=O) groups is 2. The van der Waals surface area contributed by atoms with E-state index in [1.54, 1.807) is 9.80 Å². The van der Waals surface area contributed by atoms with Crippen LogP contribution in [0.1, 0.15) is 48.9 Å². The van der Waals surface area contributed by atoms with Crippen LogP contribution in [-0.4, -0.2) is 58.1 Å². The number of oxazole rings is 1. The van der Waals surface area contributed by atoms with E-state index in [-0.39, 0.29) is 23.8 Å². The second-order valence-electron chi connectivity index (χ2n) is 6.43. The van der Waals surface area contributed by atoms with Crippen molar-refractivity contribution in [1.82, 2.24) is 14.8 Å². The molecule has 0 bridgehead atoms. The van der Waals surface area contributed by atoms with Crippen LogP contribution >= 0.6 is 0 Å². The fraction of sp³-hybridized carbons (Fsp3) is 0.667. The Hall–Kier alpha value is -1.89. The van der Waals surface area contributed by atoms with Crippen LogP contribution in [0.15, 0.2) is 10.8 Å². The fourth-order valence-electron chi connectivity index (χ4n) is 4.00. The summed E-state index contributed by atoms with van der Waals surface area (Å²) in [6.07, 6.45) is 2.32. The van der Waals surface area contributed by atoms with Crippen molar-refractivity contribution >= 4 is 11.8 Å². The molecule has 0 unspecified atom stereocenters. The molecular weight excluding hydrogens is 286 g/mol. The van der Waals surface area contributed by atoms with E-state index in [9.17, 15) is 9.59 Å². The van der Waals surface area contributed by atoms with E-state index < -0.39 is 5.72 Å². The molecule has 22 heavy (non-hydrogen) atoms. The van der Waals surface area contributed by atoms with E-state index in [0.29, 0.717) is 44.0 Å². The van der Waals surface area contributed by atoms with Crippen molar-refractivity contribution in [3.63, 3.8) is 0 Å². The van der Waals surface area contributed by atoms with Crippen LogP contribution in [0.2, 0.25) is 0 Å². The maximum Gasteiger partial charge on any atom is 0.276 e.